The lowest BCUT2D eigenvalue weighted by Crippen LogP contribution is -2.02. The molecule has 0 atom stereocenters. The zero-order valence-electron chi connectivity index (χ0n) is 8.62. The van der Waals surface area contributed by atoms with Crippen LogP contribution >= 0.6 is 11.6 Å². The van der Waals surface area contributed by atoms with E-state index in [1.165, 1.54) is 6.07 Å². The normalized spacial score (nSPS) is 10.3. The molecular weight excluding hydrogens is 248 g/mol. The van der Waals surface area contributed by atoms with E-state index in [1.807, 2.05) is 0 Å². The lowest BCUT2D eigenvalue weighted by atomic mass is 10.2. The van der Waals surface area contributed by atoms with E-state index >= 15 is 0 Å². The van der Waals surface area contributed by atoms with Gasteiger partial charge < -0.3 is 5.32 Å². The summed E-state index contributed by atoms with van der Waals surface area (Å²) in [5.41, 5.74) is 0.612. The molecule has 88 valence electrons. The Balaban J connectivity index is 2.02. The fourth-order valence-electron chi connectivity index (χ4n) is 1.25. The average Bonchev–Trinajstić information content (AvgIpc) is 2.33. The molecule has 1 heterocycles. The second-order valence-electron chi connectivity index (χ2n) is 3.34. The molecule has 0 unspecified atom stereocenters. The number of aromatic nitrogens is 2. The van der Waals surface area contributed by atoms with Gasteiger partial charge in [-0.25, -0.2) is 8.78 Å². The molecule has 17 heavy (non-hydrogen) atoms. The van der Waals surface area contributed by atoms with Crippen molar-refractivity contribution in [3.63, 3.8) is 0 Å². The Morgan fingerprint density at radius 2 is 1.88 bits per heavy atom. The van der Waals surface area contributed by atoms with Gasteiger partial charge in [0.25, 0.3) is 0 Å². The van der Waals surface area contributed by atoms with Gasteiger partial charge in [0.2, 0.25) is 0 Å². The molecule has 0 spiro atoms. The van der Waals surface area contributed by atoms with Gasteiger partial charge in [-0.15, -0.1) is 10.2 Å². The number of nitrogens with one attached hydrogen (secondary N) is 1. The maximum atomic E-state index is 12.9. The number of nitrogens with zero attached hydrogens (tertiary/aromatic N) is 2. The van der Waals surface area contributed by atoms with Gasteiger partial charge in [0.15, 0.2) is 16.8 Å². The SMILES string of the molecule is Fc1ccc(CNc2ccc(Cl)nn2)cc1F. The Hall–Kier alpha value is -1.75. The number of rotatable bonds is 3. The zero-order chi connectivity index (χ0) is 12.3. The van der Waals surface area contributed by atoms with Crippen molar-refractivity contribution in [3.8, 4) is 0 Å². The standard InChI is InChI=1S/C11H8ClF2N3/c12-10-3-4-11(17-16-10)15-6-7-1-2-8(13)9(14)5-7/h1-5H,6H2,(H,15,17). The first-order chi connectivity index (χ1) is 8.15. The van der Waals surface area contributed by atoms with Gasteiger partial charge in [-0.1, -0.05) is 17.7 Å². The lowest BCUT2D eigenvalue weighted by Gasteiger charge is -2.05. The van der Waals surface area contributed by atoms with E-state index in [9.17, 15) is 8.78 Å². The summed E-state index contributed by atoms with van der Waals surface area (Å²) in [6.07, 6.45) is 0. The average molecular weight is 256 g/mol. The maximum Gasteiger partial charge on any atom is 0.159 e. The Bertz CT molecular complexity index is 517. The van der Waals surface area contributed by atoms with Crippen LogP contribution in [0, 0.1) is 11.6 Å². The summed E-state index contributed by atoms with van der Waals surface area (Å²) in [7, 11) is 0. The van der Waals surface area contributed by atoms with Gasteiger partial charge in [0.1, 0.15) is 5.82 Å². The molecule has 6 heteroatoms. The van der Waals surface area contributed by atoms with Crippen LogP contribution < -0.4 is 5.32 Å². The first-order valence-corrected chi connectivity index (χ1v) is 5.20. The molecule has 0 aliphatic carbocycles. The Morgan fingerprint density at radius 3 is 2.53 bits per heavy atom. The summed E-state index contributed by atoms with van der Waals surface area (Å²) in [5.74, 6) is -1.22. The summed E-state index contributed by atoms with van der Waals surface area (Å²) in [6.45, 7) is 0.327. The number of halogens is 3. The van der Waals surface area contributed by atoms with E-state index < -0.39 is 11.6 Å². The third kappa shape index (κ3) is 3.10. The van der Waals surface area contributed by atoms with E-state index in [2.05, 4.69) is 15.5 Å². The first kappa shape index (κ1) is 11.7. The molecule has 1 N–H and O–H groups in total. The fraction of sp³-hybridized carbons (Fsp3) is 0.0909. The molecule has 0 fully saturated rings. The number of hydrogen-bond acceptors (Lipinski definition) is 3. The molecule has 1 aromatic carbocycles. The number of benzene rings is 1. The van der Waals surface area contributed by atoms with E-state index in [0.29, 0.717) is 23.1 Å². The van der Waals surface area contributed by atoms with Gasteiger partial charge in [0.05, 0.1) is 0 Å². The van der Waals surface area contributed by atoms with Crippen molar-refractivity contribution in [1.82, 2.24) is 10.2 Å². The second-order valence-corrected chi connectivity index (χ2v) is 3.73. The molecule has 2 rings (SSSR count). The molecule has 0 aliphatic rings. The summed E-state index contributed by atoms with van der Waals surface area (Å²) < 4.78 is 25.6. The molecule has 0 radical (unpaired) electrons. The molecule has 0 bridgehead atoms. The first-order valence-electron chi connectivity index (χ1n) is 4.82. The van der Waals surface area contributed by atoms with Crippen LogP contribution in [0.2, 0.25) is 5.15 Å². The predicted octanol–water partition coefficient (Wildman–Crippen LogP) is 3.02. The Morgan fingerprint density at radius 1 is 1.06 bits per heavy atom. The maximum absolute atomic E-state index is 12.9. The molecular formula is C11H8ClF2N3. The highest BCUT2D eigenvalue weighted by Crippen LogP contribution is 2.11. The smallest absolute Gasteiger partial charge is 0.159 e. The lowest BCUT2D eigenvalue weighted by molar-refractivity contribution is 0.507. The fourth-order valence-corrected chi connectivity index (χ4v) is 1.35. The third-order valence-corrected chi connectivity index (χ3v) is 2.29. The summed E-state index contributed by atoms with van der Waals surface area (Å²) in [4.78, 5) is 0. The highest BCUT2D eigenvalue weighted by atomic mass is 35.5. The van der Waals surface area contributed by atoms with Gasteiger partial charge in [0, 0.05) is 6.54 Å². The number of anilines is 1. The van der Waals surface area contributed by atoms with Crippen molar-refractivity contribution in [2.24, 2.45) is 0 Å². The van der Waals surface area contributed by atoms with Crippen molar-refractivity contribution in [2.75, 3.05) is 5.32 Å². The molecule has 1 aromatic heterocycles. The Labute approximate surface area is 101 Å². The van der Waals surface area contributed by atoms with Crippen LogP contribution in [0.5, 0.6) is 0 Å². The monoisotopic (exact) mass is 255 g/mol. The quantitative estimate of drug-likeness (QED) is 0.916. The zero-order valence-corrected chi connectivity index (χ0v) is 9.38. The summed E-state index contributed by atoms with van der Waals surface area (Å²) in [6, 6.07) is 6.94. The van der Waals surface area contributed by atoms with Gasteiger partial charge in [-0.2, -0.15) is 0 Å². The predicted molar refractivity (Wildman–Crippen MR) is 60.7 cm³/mol. The summed E-state index contributed by atoms with van der Waals surface area (Å²) in [5, 5.41) is 10.6. The van der Waals surface area contributed by atoms with Crippen molar-refractivity contribution in [1.29, 1.82) is 0 Å². The van der Waals surface area contributed by atoms with E-state index in [0.717, 1.165) is 12.1 Å². The van der Waals surface area contributed by atoms with Crippen LogP contribution in [0.1, 0.15) is 5.56 Å². The minimum absolute atomic E-state index is 0.295. The van der Waals surface area contributed by atoms with Crippen LogP contribution in [0.15, 0.2) is 30.3 Å². The molecule has 2 aromatic rings. The Kier molecular flexibility index (Phi) is 3.49. The topological polar surface area (TPSA) is 37.8 Å². The third-order valence-electron chi connectivity index (χ3n) is 2.09. The van der Waals surface area contributed by atoms with Crippen LogP contribution in [-0.2, 0) is 6.54 Å². The van der Waals surface area contributed by atoms with Crippen molar-refractivity contribution in [3.05, 3.63) is 52.7 Å². The minimum Gasteiger partial charge on any atom is -0.365 e. The van der Waals surface area contributed by atoms with E-state index in [1.54, 1.807) is 12.1 Å². The molecule has 0 aliphatic heterocycles. The summed E-state index contributed by atoms with van der Waals surface area (Å²) >= 11 is 5.57. The van der Waals surface area contributed by atoms with E-state index in [-0.39, 0.29) is 0 Å². The minimum atomic E-state index is -0.869. The van der Waals surface area contributed by atoms with Gasteiger partial charge in [-0.05, 0) is 29.8 Å². The van der Waals surface area contributed by atoms with Gasteiger partial charge in [-0.3, -0.25) is 0 Å². The van der Waals surface area contributed by atoms with Gasteiger partial charge >= 0.3 is 0 Å². The molecule has 0 amide bonds. The second kappa shape index (κ2) is 5.05. The highest BCUT2D eigenvalue weighted by Gasteiger charge is 2.02. The van der Waals surface area contributed by atoms with Crippen molar-refractivity contribution >= 4 is 17.4 Å². The van der Waals surface area contributed by atoms with E-state index in [4.69, 9.17) is 11.6 Å². The highest BCUT2D eigenvalue weighted by molar-refractivity contribution is 6.29. The molecule has 0 saturated carbocycles. The van der Waals surface area contributed by atoms with Crippen molar-refractivity contribution < 1.29 is 8.78 Å². The van der Waals surface area contributed by atoms with Crippen LogP contribution in [0.4, 0.5) is 14.6 Å². The largest absolute Gasteiger partial charge is 0.365 e. The van der Waals surface area contributed by atoms with Crippen LogP contribution in [0.25, 0.3) is 0 Å². The molecule has 0 saturated heterocycles. The van der Waals surface area contributed by atoms with Crippen LogP contribution in [0.3, 0.4) is 0 Å². The van der Waals surface area contributed by atoms with Crippen LogP contribution in [-0.4, -0.2) is 10.2 Å². The van der Waals surface area contributed by atoms with Crippen molar-refractivity contribution in [2.45, 2.75) is 6.54 Å². The molecule has 3 nitrogen and oxygen atoms in total. The number of hydrogen-bond donors (Lipinski definition) is 1.